The minimum absolute atomic E-state index is 0.109. The molecule has 0 bridgehead atoms. The van der Waals surface area contributed by atoms with Gasteiger partial charge in [0, 0.05) is 3.57 Å². The van der Waals surface area contributed by atoms with Crippen LogP contribution in [0.1, 0.15) is 0 Å². The molecular formula is C12H7F2IO. The maximum Gasteiger partial charge on any atom is 0.201 e. The van der Waals surface area contributed by atoms with Crippen molar-refractivity contribution in [1.82, 2.24) is 0 Å². The summed E-state index contributed by atoms with van der Waals surface area (Å²) in [5, 5.41) is 0. The maximum absolute atomic E-state index is 13.3. The van der Waals surface area contributed by atoms with Crippen LogP contribution in [-0.2, 0) is 0 Å². The summed E-state index contributed by atoms with van der Waals surface area (Å²) in [7, 11) is 0. The van der Waals surface area contributed by atoms with Gasteiger partial charge in [0.2, 0.25) is 5.82 Å². The molecule has 16 heavy (non-hydrogen) atoms. The molecule has 0 atom stereocenters. The predicted molar refractivity (Wildman–Crippen MR) is 65.6 cm³/mol. The van der Waals surface area contributed by atoms with E-state index < -0.39 is 11.6 Å². The molecule has 0 fully saturated rings. The SMILES string of the molecule is Fc1cccc(Oc2cccc(I)c2)c1F. The molecular weight excluding hydrogens is 325 g/mol. The fourth-order valence-electron chi connectivity index (χ4n) is 1.22. The molecule has 0 unspecified atom stereocenters. The lowest BCUT2D eigenvalue weighted by molar-refractivity contribution is 0.416. The Morgan fingerprint density at radius 1 is 1.00 bits per heavy atom. The van der Waals surface area contributed by atoms with Crippen LogP contribution in [0.5, 0.6) is 11.5 Å². The lowest BCUT2D eigenvalue weighted by atomic mass is 10.3. The molecule has 4 heteroatoms. The number of halogens is 3. The zero-order valence-corrected chi connectivity index (χ0v) is 10.2. The van der Waals surface area contributed by atoms with Gasteiger partial charge in [-0.05, 0) is 52.9 Å². The first-order valence-corrected chi connectivity index (χ1v) is 5.62. The third-order valence-electron chi connectivity index (χ3n) is 1.94. The van der Waals surface area contributed by atoms with Crippen molar-refractivity contribution in [3.63, 3.8) is 0 Å². The molecule has 0 aliphatic rings. The van der Waals surface area contributed by atoms with Crippen LogP contribution < -0.4 is 4.74 Å². The Labute approximate surface area is 105 Å². The lowest BCUT2D eigenvalue weighted by Crippen LogP contribution is -1.91. The molecule has 2 rings (SSSR count). The van der Waals surface area contributed by atoms with E-state index >= 15 is 0 Å². The van der Waals surface area contributed by atoms with Gasteiger partial charge in [0.25, 0.3) is 0 Å². The molecule has 82 valence electrons. The third-order valence-corrected chi connectivity index (χ3v) is 2.61. The van der Waals surface area contributed by atoms with Crippen LogP contribution in [0.2, 0.25) is 0 Å². The monoisotopic (exact) mass is 332 g/mol. The molecule has 0 amide bonds. The summed E-state index contributed by atoms with van der Waals surface area (Å²) in [6, 6.07) is 10.9. The van der Waals surface area contributed by atoms with Crippen LogP contribution in [0, 0.1) is 15.2 Å². The average Bonchev–Trinajstić information content (AvgIpc) is 2.25. The highest BCUT2D eigenvalue weighted by atomic mass is 127. The molecule has 0 saturated carbocycles. The van der Waals surface area contributed by atoms with Crippen molar-refractivity contribution in [2.75, 3.05) is 0 Å². The Morgan fingerprint density at radius 3 is 2.50 bits per heavy atom. The molecule has 0 heterocycles. The Morgan fingerprint density at radius 2 is 1.75 bits per heavy atom. The first-order chi connectivity index (χ1) is 7.66. The summed E-state index contributed by atoms with van der Waals surface area (Å²) in [5.74, 6) is -1.51. The van der Waals surface area contributed by atoms with Gasteiger partial charge in [-0.1, -0.05) is 12.1 Å². The Bertz CT molecular complexity index is 514. The largest absolute Gasteiger partial charge is 0.454 e. The summed E-state index contributed by atoms with van der Waals surface area (Å²) in [6.07, 6.45) is 0. The van der Waals surface area contributed by atoms with E-state index in [4.69, 9.17) is 4.74 Å². The second-order valence-electron chi connectivity index (χ2n) is 3.11. The van der Waals surface area contributed by atoms with E-state index in [2.05, 4.69) is 22.6 Å². The normalized spacial score (nSPS) is 10.2. The Kier molecular flexibility index (Phi) is 3.38. The number of hydrogen-bond acceptors (Lipinski definition) is 1. The summed E-state index contributed by atoms with van der Waals surface area (Å²) in [6.45, 7) is 0. The quantitative estimate of drug-likeness (QED) is 0.743. The number of hydrogen-bond donors (Lipinski definition) is 0. The topological polar surface area (TPSA) is 9.23 Å². The van der Waals surface area contributed by atoms with E-state index in [-0.39, 0.29) is 5.75 Å². The second kappa shape index (κ2) is 4.78. The summed E-state index contributed by atoms with van der Waals surface area (Å²) >= 11 is 2.12. The molecule has 2 aromatic carbocycles. The van der Waals surface area contributed by atoms with Gasteiger partial charge in [0.05, 0.1) is 0 Å². The van der Waals surface area contributed by atoms with E-state index in [0.29, 0.717) is 5.75 Å². The van der Waals surface area contributed by atoms with Gasteiger partial charge in [-0.25, -0.2) is 4.39 Å². The minimum atomic E-state index is -0.971. The Balaban J connectivity index is 2.31. The lowest BCUT2D eigenvalue weighted by Gasteiger charge is -2.07. The van der Waals surface area contributed by atoms with E-state index in [9.17, 15) is 8.78 Å². The highest BCUT2D eigenvalue weighted by Crippen LogP contribution is 2.26. The fraction of sp³-hybridized carbons (Fsp3) is 0. The number of ether oxygens (including phenoxy) is 1. The zero-order valence-electron chi connectivity index (χ0n) is 8.08. The van der Waals surface area contributed by atoms with Crippen LogP contribution in [0.4, 0.5) is 8.78 Å². The summed E-state index contributed by atoms with van der Waals surface area (Å²) in [4.78, 5) is 0. The molecule has 0 saturated heterocycles. The second-order valence-corrected chi connectivity index (χ2v) is 4.36. The highest BCUT2D eigenvalue weighted by molar-refractivity contribution is 14.1. The summed E-state index contributed by atoms with van der Waals surface area (Å²) < 4.78 is 32.4. The zero-order chi connectivity index (χ0) is 11.5. The standard InChI is InChI=1S/C12H7F2IO/c13-10-5-2-6-11(12(10)14)16-9-4-1-3-8(15)7-9/h1-7H. The van der Waals surface area contributed by atoms with E-state index in [1.165, 1.54) is 12.1 Å². The third kappa shape index (κ3) is 2.49. The molecule has 1 nitrogen and oxygen atoms in total. The molecule has 2 aromatic rings. The van der Waals surface area contributed by atoms with Gasteiger partial charge < -0.3 is 4.74 Å². The molecule has 0 radical (unpaired) electrons. The van der Waals surface area contributed by atoms with Gasteiger partial charge in [0.1, 0.15) is 5.75 Å². The molecule has 0 aromatic heterocycles. The maximum atomic E-state index is 13.3. The Hall–Kier alpha value is -1.17. The van der Waals surface area contributed by atoms with Crippen molar-refractivity contribution in [2.24, 2.45) is 0 Å². The predicted octanol–water partition coefficient (Wildman–Crippen LogP) is 4.36. The molecule has 0 aliphatic heterocycles. The first-order valence-electron chi connectivity index (χ1n) is 4.54. The average molecular weight is 332 g/mol. The summed E-state index contributed by atoms with van der Waals surface area (Å²) in [5.41, 5.74) is 0. The number of rotatable bonds is 2. The van der Waals surface area contributed by atoms with Crippen LogP contribution >= 0.6 is 22.6 Å². The minimum Gasteiger partial charge on any atom is -0.454 e. The van der Waals surface area contributed by atoms with Gasteiger partial charge >= 0.3 is 0 Å². The van der Waals surface area contributed by atoms with Gasteiger partial charge in [-0.2, -0.15) is 4.39 Å². The molecule has 0 N–H and O–H groups in total. The van der Waals surface area contributed by atoms with Crippen molar-refractivity contribution in [1.29, 1.82) is 0 Å². The van der Waals surface area contributed by atoms with Crippen LogP contribution in [0.3, 0.4) is 0 Å². The fourth-order valence-corrected chi connectivity index (χ4v) is 1.73. The van der Waals surface area contributed by atoms with Crippen molar-refractivity contribution < 1.29 is 13.5 Å². The van der Waals surface area contributed by atoms with Gasteiger partial charge in [-0.3, -0.25) is 0 Å². The first kappa shape index (κ1) is 11.3. The van der Waals surface area contributed by atoms with Crippen LogP contribution in [-0.4, -0.2) is 0 Å². The smallest absolute Gasteiger partial charge is 0.201 e. The molecule has 0 aliphatic carbocycles. The van der Waals surface area contributed by atoms with Crippen molar-refractivity contribution in [3.05, 3.63) is 57.7 Å². The van der Waals surface area contributed by atoms with Crippen molar-refractivity contribution in [3.8, 4) is 11.5 Å². The molecule has 0 spiro atoms. The van der Waals surface area contributed by atoms with Crippen LogP contribution in [0.25, 0.3) is 0 Å². The van der Waals surface area contributed by atoms with Gasteiger partial charge in [0.15, 0.2) is 11.6 Å². The van der Waals surface area contributed by atoms with Crippen molar-refractivity contribution in [2.45, 2.75) is 0 Å². The van der Waals surface area contributed by atoms with E-state index in [1.807, 2.05) is 6.07 Å². The van der Waals surface area contributed by atoms with Crippen molar-refractivity contribution >= 4 is 22.6 Å². The van der Waals surface area contributed by atoms with E-state index in [0.717, 1.165) is 9.64 Å². The van der Waals surface area contributed by atoms with Crippen LogP contribution in [0.15, 0.2) is 42.5 Å². The number of benzene rings is 2. The van der Waals surface area contributed by atoms with Gasteiger partial charge in [-0.15, -0.1) is 0 Å². The highest BCUT2D eigenvalue weighted by Gasteiger charge is 2.09. The van der Waals surface area contributed by atoms with E-state index in [1.54, 1.807) is 18.2 Å².